The molecule has 0 unspecified atom stereocenters. The summed E-state index contributed by atoms with van der Waals surface area (Å²) in [6, 6.07) is 4.85. The Labute approximate surface area is 197 Å². The molecular formula is C24H29ClFN4OS+. The van der Waals surface area contributed by atoms with Crippen LogP contribution in [-0.4, -0.2) is 43.3 Å². The van der Waals surface area contributed by atoms with Gasteiger partial charge in [0.05, 0.1) is 18.6 Å². The van der Waals surface area contributed by atoms with Gasteiger partial charge in [-0.15, -0.1) is 11.3 Å². The van der Waals surface area contributed by atoms with Crippen molar-refractivity contribution >= 4 is 39.0 Å². The second kappa shape index (κ2) is 9.21. The van der Waals surface area contributed by atoms with Gasteiger partial charge in [-0.2, -0.15) is 0 Å². The van der Waals surface area contributed by atoms with Gasteiger partial charge in [-0.05, 0) is 42.9 Å². The van der Waals surface area contributed by atoms with Crippen molar-refractivity contribution in [3.63, 3.8) is 0 Å². The van der Waals surface area contributed by atoms with E-state index in [1.54, 1.807) is 12.1 Å². The average Bonchev–Trinajstić information content (AvgIpc) is 3.13. The Bertz CT molecular complexity index is 1110. The highest BCUT2D eigenvalue weighted by Crippen LogP contribution is 2.41. The first-order valence-corrected chi connectivity index (χ1v) is 12.6. The van der Waals surface area contributed by atoms with Crippen LogP contribution in [0.25, 0.3) is 10.2 Å². The summed E-state index contributed by atoms with van der Waals surface area (Å²) in [7, 11) is 1.98. The number of rotatable bonds is 5. The largest absolute Gasteiger partial charge is 0.370 e. The van der Waals surface area contributed by atoms with Crippen molar-refractivity contribution in [1.82, 2.24) is 9.97 Å². The fourth-order valence-corrected chi connectivity index (χ4v) is 6.40. The summed E-state index contributed by atoms with van der Waals surface area (Å²) in [6.07, 6.45) is 3.33. The van der Waals surface area contributed by atoms with Crippen molar-refractivity contribution in [1.29, 1.82) is 0 Å². The zero-order valence-corrected chi connectivity index (χ0v) is 20.2. The molecule has 2 aliphatic rings. The van der Waals surface area contributed by atoms with Crippen LogP contribution in [0.5, 0.6) is 0 Å². The number of halogens is 2. The highest BCUT2D eigenvalue weighted by atomic mass is 35.5. The van der Waals surface area contributed by atoms with E-state index in [0.717, 1.165) is 67.5 Å². The molecular weight excluding hydrogens is 447 g/mol. The predicted molar refractivity (Wildman–Crippen MR) is 127 cm³/mol. The van der Waals surface area contributed by atoms with Crippen LogP contribution in [0.3, 0.4) is 0 Å². The second-order valence-electron chi connectivity index (χ2n) is 9.09. The summed E-state index contributed by atoms with van der Waals surface area (Å²) >= 11 is 8.15. The molecule has 0 saturated carbocycles. The van der Waals surface area contributed by atoms with Crippen LogP contribution >= 0.6 is 22.9 Å². The number of hydrogen-bond donors (Lipinski definition) is 1. The van der Waals surface area contributed by atoms with Crippen LogP contribution in [0, 0.1) is 11.7 Å². The summed E-state index contributed by atoms with van der Waals surface area (Å²) in [4.78, 5) is 16.0. The molecule has 5 nitrogen and oxygen atoms in total. The van der Waals surface area contributed by atoms with Gasteiger partial charge in [-0.1, -0.05) is 24.6 Å². The molecule has 32 heavy (non-hydrogen) atoms. The number of benzene rings is 1. The number of aryl methyl sites for hydroxylation is 1. The lowest BCUT2D eigenvalue weighted by Crippen LogP contribution is -3.12. The lowest BCUT2D eigenvalue weighted by Gasteiger charge is -2.25. The average molecular weight is 476 g/mol. The third kappa shape index (κ3) is 4.36. The summed E-state index contributed by atoms with van der Waals surface area (Å²) in [5.41, 5.74) is 1.89. The van der Waals surface area contributed by atoms with E-state index in [4.69, 9.17) is 26.3 Å². The maximum atomic E-state index is 14.5. The molecule has 3 aromatic rings. The first-order chi connectivity index (χ1) is 15.5. The van der Waals surface area contributed by atoms with E-state index in [1.165, 1.54) is 27.8 Å². The molecule has 1 aromatic carbocycles. The monoisotopic (exact) mass is 475 g/mol. The van der Waals surface area contributed by atoms with Crippen LogP contribution in [0.4, 0.5) is 10.2 Å². The Morgan fingerprint density at radius 2 is 2.09 bits per heavy atom. The zero-order chi connectivity index (χ0) is 22.2. The van der Waals surface area contributed by atoms with E-state index in [0.29, 0.717) is 23.0 Å². The molecule has 2 aromatic heterocycles. The van der Waals surface area contributed by atoms with Crippen molar-refractivity contribution in [2.24, 2.45) is 5.92 Å². The van der Waals surface area contributed by atoms with Gasteiger partial charge in [-0.3, -0.25) is 0 Å². The molecule has 8 heteroatoms. The molecule has 1 saturated heterocycles. The molecule has 1 aliphatic heterocycles. The lowest BCUT2D eigenvalue weighted by molar-refractivity contribution is -0.922. The van der Waals surface area contributed by atoms with Crippen LogP contribution in [0.2, 0.25) is 5.02 Å². The van der Waals surface area contributed by atoms with E-state index in [-0.39, 0.29) is 5.82 Å². The molecule has 1 N–H and O–H groups in total. The third-order valence-corrected chi connectivity index (χ3v) is 8.11. The highest BCUT2D eigenvalue weighted by molar-refractivity contribution is 7.19. The standard InChI is InChI=1S/C24H28ClFN4OS/c1-15-6-7-16-20(12-15)32-24-22(16)23(27-21(28-24)14-30-8-10-31-11-9-30)29(2)13-17-18(25)4-3-5-19(17)26/h3-5,15H,6-14H2,1-2H3/p+1/t15-/m1/s1. The number of thiophene rings is 1. The minimum Gasteiger partial charge on any atom is -0.370 e. The minimum atomic E-state index is -0.284. The highest BCUT2D eigenvalue weighted by Gasteiger charge is 2.27. The molecule has 170 valence electrons. The van der Waals surface area contributed by atoms with Crippen molar-refractivity contribution < 1.29 is 14.0 Å². The molecule has 5 rings (SSSR count). The molecule has 1 aliphatic carbocycles. The summed E-state index contributed by atoms with van der Waals surface area (Å²) in [5.74, 6) is 2.15. The number of hydrogen-bond acceptors (Lipinski definition) is 5. The number of ether oxygens (including phenoxy) is 1. The topological polar surface area (TPSA) is 42.7 Å². The van der Waals surface area contributed by atoms with Crippen molar-refractivity contribution in [3.8, 4) is 0 Å². The molecule has 1 fully saturated rings. The van der Waals surface area contributed by atoms with Crippen LogP contribution in [-0.2, 0) is 30.7 Å². The number of quaternary nitrogens is 1. The van der Waals surface area contributed by atoms with Gasteiger partial charge in [0.25, 0.3) is 0 Å². The fraction of sp³-hybridized carbons (Fsp3) is 0.500. The van der Waals surface area contributed by atoms with Gasteiger partial charge in [-0.25, -0.2) is 14.4 Å². The van der Waals surface area contributed by atoms with Gasteiger partial charge in [0.15, 0.2) is 5.82 Å². The smallest absolute Gasteiger partial charge is 0.187 e. The number of nitrogens with one attached hydrogen (secondary N) is 1. The van der Waals surface area contributed by atoms with Gasteiger partial charge in [0, 0.05) is 29.1 Å². The number of anilines is 1. The van der Waals surface area contributed by atoms with Crippen molar-refractivity contribution in [3.05, 3.63) is 50.9 Å². The third-order valence-electron chi connectivity index (χ3n) is 6.61. The first-order valence-electron chi connectivity index (χ1n) is 11.4. The first kappa shape index (κ1) is 22.0. The summed E-state index contributed by atoms with van der Waals surface area (Å²) in [6.45, 7) is 6.95. The number of nitrogens with zero attached hydrogens (tertiary/aromatic N) is 3. The van der Waals surface area contributed by atoms with Crippen LogP contribution < -0.4 is 9.80 Å². The Kier molecular flexibility index (Phi) is 6.34. The number of fused-ring (bicyclic) bond motifs is 3. The molecule has 0 spiro atoms. The lowest BCUT2D eigenvalue weighted by atomic mass is 9.89. The maximum Gasteiger partial charge on any atom is 0.187 e. The zero-order valence-electron chi connectivity index (χ0n) is 18.6. The minimum absolute atomic E-state index is 0.284. The van der Waals surface area contributed by atoms with Crippen molar-refractivity contribution in [2.45, 2.75) is 39.3 Å². The normalized spacial score (nSPS) is 19.3. The summed E-state index contributed by atoms with van der Waals surface area (Å²) < 4.78 is 20.0. The molecule has 0 amide bonds. The van der Waals surface area contributed by atoms with E-state index in [9.17, 15) is 4.39 Å². The molecule has 1 atom stereocenters. The molecule has 3 heterocycles. The van der Waals surface area contributed by atoms with Gasteiger partial charge < -0.3 is 14.5 Å². The second-order valence-corrected chi connectivity index (χ2v) is 10.6. The number of aromatic nitrogens is 2. The Morgan fingerprint density at radius 1 is 1.28 bits per heavy atom. The Morgan fingerprint density at radius 3 is 2.88 bits per heavy atom. The maximum absolute atomic E-state index is 14.5. The van der Waals surface area contributed by atoms with E-state index >= 15 is 0 Å². The molecule has 0 radical (unpaired) electrons. The quantitative estimate of drug-likeness (QED) is 0.611. The van der Waals surface area contributed by atoms with E-state index in [2.05, 4.69) is 6.92 Å². The van der Waals surface area contributed by atoms with Crippen LogP contribution in [0.15, 0.2) is 18.2 Å². The fourth-order valence-electron chi connectivity index (χ4n) is 4.78. The van der Waals surface area contributed by atoms with Crippen LogP contribution in [0.1, 0.15) is 35.2 Å². The molecule has 0 bridgehead atoms. The number of morpholine rings is 1. The SMILES string of the molecule is C[C@@H]1CCc2c(sc3nc(C[NH+]4CCOCC4)nc(N(C)Cc4c(F)cccc4Cl)c23)C1. The van der Waals surface area contributed by atoms with E-state index < -0.39 is 0 Å². The van der Waals surface area contributed by atoms with Gasteiger partial charge in [0.2, 0.25) is 0 Å². The summed E-state index contributed by atoms with van der Waals surface area (Å²) in [5, 5.41) is 1.59. The van der Waals surface area contributed by atoms with Gasteiger partial charge >= 0.3 is 0 Å². The Balaban J connectivity index is 1.56. The van der Waals surface area contributed by atoms with Crippen molar-refractivity contribution in [2.75, 3.05) is 38.3 Å². The predicted octanol–water partition coefficient (Wildman–Crippen LogP) is 3.66. The van der Waals surface area contributed by atoms with E-state index in [1.807, 2.05) is 23.3 Å². The van der Waals surface area contributed by atoms with Gasteiger partial charge in [0.1, 0.15) is 36.1 Å². The Hall–Kier alpha value is -1.80.